The summed E-state index contributed by atoms with van der Waals surface area (Å²) >= 11 is 4.71. The number of hydrogen-bond acceptors (Lipinski definition) is 9. The average Bonchev–Trinajstić information content (AvgIpc) is 3.42. The molecule has 2 aliphatic rings. The molecule has 212 valence electrons. The number of carbonyl (C=O) groups is 4. The number of nitrogens with one attached hydrogen (secondary N) is 4. The molecule has 0 saturated carbocycles. The number of urea groups is 1. The highest BCUT2D eigenvalue weighted by Crippen LogP contribution is 2.30. The highest BCUT2D eigenvalue weighted by atomic mass is 127. The second-order valence-electron chi connectivity index (χ2n) is 9.32. The van der Waals surface area contributed by atoms with Crippen LogP contribution in [0.3, 0.4) is 0 Å². The third kappa shape index (κ3) is 9.92. The number of aromatic nitrogens is 1. The predicted molar refractivity (Wildman–Crippen MR) is 157 cm³/mol. The Kier molecular flexibility index (Phi) is 13.5. The Balaban J connectivity index is 1.20. The SMILES string of the molecule is CCCN[C@H]1CCc2nc(NC(=O)CNC(=O)NCCCCCCSC3CC(=O)N(COI)C3=O)sc2C1. The van der Waals surface area contributed by atoms with Gasteiger partial charge in [0, 0.05) is 23.9 Å². The molecule has 14 heteroatoms. The van der Waals surface area contributed by atoms with E-state index in [1.165, 1.54) is 28.0 Å². The molecule has 4 N–H and O–H groups in total. The van der Waals surface area contributed by atoms with E-state index in [9.17, 15) is 19.2 Å². The molecule has 0 radical (unpaired) electrons. The Labute approximate surface area is 246 Å². The van der Waals surface area contributed by atoms with Crippen molar-refractivity contribution in [2.45, 2.75) is 76.0 Å². The smallest absolute Gasteiger partial charge is 0.315 e. The van der Waals surface area contributed by atoms with Crippen molar-refractivity contribution in [1.29, 1.82) is 0 Å². The van der Waals surface area contributed by atoms with E-state index in [0.717, 1.165) is 74.3 Å². The zero-order valence-corrected chi connectivity index (χ0v) is 25.5. The molecule has 1 unspecified atom stereocenters. The fourth-order valence-corrected chi connectivity index (χ4v) is 6.88. The third-order valence-corrected chi connectivity index (χ3v) is 8.94. The van der Waals surface area contributed by atoms with Gasteiger partial charge in [-0.1, -0.05) is 19.8 Å². The molecule has 38 heavy (non-hydrogen) atoms. The minimum atomic E-state index is -0.372. The Bertz CT molecular complexity index is 965. The monoisotopic (exact) mass is 680 g/mol. The quantitative estimate of drug-likeness (QED) is 0.119. The number of thiazole rings is 1. The molecule has 2 atom stereocenters. The normalized spacial score (nSPS) is 18.9. The first kappa shape index (κ1) is 31.0. The van der Waals surface area contributed by atoms with E-state index >= 15 is 0 Å². The highest BCUT2D eigenvalue weighted by molar-refractivity contribution is 14.1. The topological polar surface area (TPSA) is 142 Å². The number of thioether (sulfide) groups is 1. The number of rotatable bonds is 16. The average molecular weight is 681 g/mol. The van der Waals surface area contributed by atoms with Crippen LogP contribution in [-0.4, -0.2) is 77.0 Å². The fourth-order valence-electron chi connectivity index (χ4n) is 4.31. The van der Waals surface area contributed by atoms with Gasteiger partial charge >= 0.3 is 6.03 Å². The summed E-state index contributed by atoms with van der Waals surface area (Å²) in [6, 6.07) is 0.0983. The third-order valence-electron chi connectivity index (χ3n) is 6.33. The van der Waals surface area contributed by atoms with E-state index in [1.807, 2.05) is 0 Å². The van der Waals surface area contributed by atoms with Gasteiger partial charge in [0.25, 0.3) is 0 Å². The van der Waals surface area contributed by atoms with Crippen molar-refractivity contribution in [1.82, 2.24) is 25.8 Å². The maximum atomic E-state index is 12.2. The van der Waals surface area contributed by atoms with Gasteiger partial charge in [0.05, 0.1) is 17.5 Å². The second kappa shape index (κ2) is 16.6. The van der Waals surface area contributed by atoms with Crippen LogP contribution in [0.1, 0.15) is 62.4 Å². The van der Waals surface area contributed by atoms with Crippen molar-refractivity contribution in [3.8, 4) is 0 Å². The number of amides is 5. The molecule has 1 aliphatic carbocycles. The zero-order chi connectivity index (χ0) is 27.3. The number of nitrogens with zero attached hydrogens (tertiary/aromatic N) is 2. The van der Waals surface area contributed by atoms with Crippen LogP contribution in [0.25, 0.3) is 0 Å². The van der Waals surface area contributed by atoms with Gasteiger partial charge in [-0.25, -0.2) is 9.78 Å². The van der Waals surface area contributed by atoms with E-state index in [1.54, 1.807) is 23.0 Å². The van der Waals surface area contributed by atoms with Gasteiger partial charge in [0.15, 0.2) is 5.13 Å². The molecule has 5 amide bonds. The minimum Gasteiger partial charge on any atom is -0.338 e. The van der Waals surface area contributed by atoms with E-state index < -0.39 is 0 Å². The van der Waals surface area contributed by atoms with Crippen molar-refractivity contribution in [3.05, 3.63) is 10.6 Å². The molecular weight excluding hydrogens is 643 g/mol. The van der Waals surface area contributed by atoms with Crippen LogP contribution in [0.2, 0.25) is 0 Å². The molecular formula is C24H37IN6O5S2. The molecule has 0 bridgehead atoms. The number of anilines is 1. The van der Waals surface area contributed by atoms with Gasteiger partial charge in [-0.15, -0.1) is 23.1 Å². The van der Waals surface area contributed by atoms with Crippen LogP contribution in [-0.2, 0) is 30.3 Å². The van der Waals surface area contributed by atoms with Crippen LogP contribution >= 0.6 is 46.1 Å². The molecule has 1 aromatic rings. The Morgan fingerprint density at radius 3 is 2.76 bits per heavy atom. The lowest BCUT2D eigenvalue weighted by atomic mass is 9.98. The van der Waals surface area contributed by atoms with Crippen molar-refractivity contribution in [3.63, 3.8) is 0 Å². The molecule has 1 aromatic heterocycles. The molecule has 3 rings (SSSR count). The summed E-state index contributed by atoms with van der Waals surface area (Å²) in [5.41, 5.74) is 1.07. The predicted octanol–water partition coefficient (Wildman–Crippen LogP) is 2.98. The van der Waals surface area contributed by atoms with Crippen LogP contribution in [0.4, 0.5) is 9.93 Å². The van der Waals surface area contributed by atoms with Crippen molar-refractivity contribution < 1.29 is 22.2 Å². The summed E-state index contributed by atoms with van der Waals surface area (Å²) in [4.78, 5) is 55.2. The van der Waals surface area contributed by atoms with E-state index in [4.69, 9.17) is 3.07 Å². The number of imide groups is 1. The number of fused-ring (bicyclic) bond motifs is 1. The number of aryl methyl sites for hydroxylation is 1. The lowest BCUT2D eigenvalue weighted by Crippen LogP contribution is -2.40. The number of unbranched alkanes of at least 4 members (excludes halogenated alkanes) is 3. The Morgan fingerprint density at radius 1 is 1.16 bits per heavy atom. The largest absolute Gasteiger partial charge is 0.338 e. The van der Waals surface area contributed by atoms with Crippen molar-refractivity contribution in [2.75, 3.05) is 37.4 Å². The molecule has 1 aliphatic heterocycles. The molecule has 11 nitrogen and oxygen atoms in total. The summed E-state index contributed by atoms with van der Waals surface area (Å²) in [7, 11) is 0. The lowest BCUT2D eigenvalue weighted by molar-refractivity contribution is -0.140. The van der Waals surface area contributed by atoms with Gasteiger partial charge in [0.1, 0.15) is 29.7 Å². The van der Waals surface area contributed by atoms with Crippen LogP contribution < -0.4 is 21.3 Å². The number of likely N-dealkylation sites (tertiary alicyclic amines) is 1. The van der Waals surface area contributed by atoms with E-state index in [-0.39, 0.29) is 48.7 Å². The van der Waals surface area contributed by atoms with Gasteiger partial charge in [-0.05, 0) is 50.8 Å². The van der Waals surface area contributed by atoms with Crippen LogP contribution in [0.5, 0.6) is 0 Å². The van der Waals surface area contributed by atoms with Gasteiger partial charge in [-0.3, -0.25) is 22.3 Å². The first-order valence-corrected chi connectivity index (χ1v) is 15.9. The zero-order valence-electron chi connectivity index (χ0n) is 21.7. The first-order valence-electron chi connectivity index (χ1n) is 13.1. The van der Waals surface area contributed by atoms with Gasteiger partial charge in [0.2, 0.25) is 17.7 Å². The standard InChI is InChI=1S/C24H37IN6O5S2/c1-2-9-26-16-7-8-17-18(12-16)38-24(29-17)30-20(32)14-28-23(35)27-10-5-3-4-6-11-37-19-13-21(33)31(15-36-25)22(19)34/h16,19,26H,2-15H2,1H3,(H2,27,28,35)(H,29,30,32)/t16-,19?/m0/s1. The molecule has 0 aromatic carbocycles. The summed E-state index contributed by atoms with van der Waals surface area (Å²) in [6.45, 7) is 3.58. The number of carbonyl (C=O) groups excluding carboxylic acids is 4. The first-order chi connectivity index (χ1) is 18.4. The summed E-state index contributed by atoms with van der Waals surface area (Å²) in [5, 5.41) is 12.0. The van der Waals surface area contributed by atoms with Crippen molar-refractivity contribution in [2.24, 2.45) is 0 Å². The highest BCUT2D eigenvalue weighted by Gasteiger charge is 2.38. The van der Waals surface area contributed by atoms with Crippen LogP contribution in [0.15, 0.2) is 0 Å². The molecule has 1 saturated heterocycles. The number of halogens is 1. The molecule has 2 heterocycles. The fraction of sp³-hybridized carbons (Fsp3) is 0.708. The summed E-state index contributed by atoms with van der Waals surface area (Å²) in [6.07, 6.45) is 7.94. The van der Waals surface area contributed by atoms with Gasteiger partial charge < -0.3 is 21.3 Å². The van der Waals surface area contributed by atoms with Crippen molar-refractivity contribution >= 4 is 75.0 Å². The second-order valence-corrected chi connectivity index (χ2v) is 12.3. The maximum Gasteiger partial charge on any atom is 0.315 e. The molecule has 0 spiro atoms. The lowest BCUT2D eigenvalue weighted by Gasteiger charge is -2.21. The Morgan fingerprint density at radius 2 is 1.97 bits per heavy atom. The van der Waals surface area contributed by atoms with E-state index in [0.29, 0.717) is 17.7 Å². The minimum absolute atomic E-state index is 0.00571. The summed E-state index contributed by atoms with van der Waals surface area (Å²) < 4.78 is 4.88. The molecule has 1 fully saturated rings. The van der Waals surface area contributed by atoms with Crippen LogP contribution in [0, 0.1) is 0 Å². The maximum absolute atomic E-state index is 12.2. The Hall–Kier alpha value is -1.49. The van der Waals surface area contributed by atoms with Gasteiger partial charge in [-0.2, -0.15) is 0 Å². The number of hydrogen-bond donors (Lipinski definition) is 4. The summed E-state index contributed by atoms with van der Waals surface area (Å²) in [5.74, 6) is 0.169. The van der Waals surface area contributed by atoms with E-state index in [2.05, 4.69) is 33.2 Å².